The number of aliphatic imine (C=N–C) groups is 1. The van der Waals surface area contributed by atoms with Crippen LogP contribution in [0.1, 0.15) is 25.8 Å². The molecule has 1 aliphatic heterocycles. The molecule has 24 heavy (non-hydrogen) atoms. The molecule has 0 bridgehead atoms. The third kappa shape index (κ3) is 3.68. The summed E-state index contributed by atoms with van der Waals surface area (Å²) in [4.78, 5) is 16.7. The molecule has 0 N–H and O–H groups in total. The molecule has 3 nitrogen and oxygen atoms in total. The van der Waals surface area contributed by atoms with E-state index in [1.165, 1.54) is 11.8 Å². The monoisotopic (exact) mass is 357 g/mol. The molecule has 0 aromatic heterocycles. The molecule has 0 amide bonds. The Hall–Kier alpha value is -1.72. The lowest BCUT2D eigenvalue weighted by Gasteiger charge is -2.11. The average molecular weight is 358 g/mol. The van der Waals surface area contributed by atoms with Crippen molar-refractivity contribution in [3.63, 3.8) is 0 Å². The quantitative estimate of drug-likeness (QED) is 0.676. The molecule has 0 radical (unpaired) electrons. The van der Waals surface area contributed by atoms with E-state index in [9.17, 15) is 4.79 Å². The summed E-state index contributed by atoms with van der Waals surface area (Å²) in [6.45, 7) is 4.79. The summed E-state index contributed by atoms with van der Waals surface area (Å²) in [6, 6.07) is 12.2. The highest BCUT2D eigenvalue weighted by Crippen LogP contribution is 2.35. The number of fused-ring (bicyclic) bond motifs is 1. The fourth-order valence-electron chi connectivity index (χ4n) is 2.47. The summed E-state index contributed by atoms with van der Waals surface area (Å²) in [5, 5.41) is 2.20. The van der Waals surface area contributed by atoms with Gasteiger partial charge in [0, 0.05) is 5.56 Å². The van der Waals surface area contributed by atoms with Crippen molar-refractivity contribution in [2.75, 3.05) is 12.4 Å². The van der Waals surface area contributed by atoms with Crippen molar-refractivity contribution in [1.29, 1.82) is 0 Å². The van der Waals surface area contributed by atoms with Crippen LogP contribution in [0.5, 0.6) is 5.75 Å². The second kappa shape index (κ2) is 7.90. The van der Waals surface area contributed by atoms with Gasteiger partial charge < -0.3 is 4.74 Å². The zero-order valence-electron chi connectivity index (χ0n) is 13.7. The number of ether oxygens (including phenoxy) is 1. The highest BCUT2D eigenvalue weighted by molar-refractivity contribution is 8.45. The number of benzene rings is 2. The first-order valence-electron chi connectivity index (χ1n) is 8.02. The van der Waals surface area contributed by atoms with E-state index in [1.807, 2.05) is 24.3 Å². The first kappa shape index (κ1) is 17.1. The summed E-state index contributed by atoms with van der Waals surface area (Å²) in [6.07, 6.45) is 2.80. The van der Waals surface area contributed by atoms with E-state index < -0.39 is 0 Å². The molecular formula is C19H19NO2S2. The first-order chi connectivity index (χ1) is 11.7. The van der Waals surface area contributed by atoms with Gasteiger partial charge >= 0.3 is 0 Å². The van der Waals surface area contributed by atoms with Gasteiger partial charge in [0.1, 0.15) is 15.8 Å². The SMILES string of the molecule is CCCOc1ccc2ccccc2c1/C=C1\N=C(SCC)SC1=O. The maximum absolute atomic E-state index is 12.3. The van der Waals surface area contributed by atoms with E-state index in [1.54, 1.807) is 11.8 Å². The molecule has 0 atom stereocenters. The van der Waals surface area contributed by atoms with Gasteiger partial charge in [-0.2, -0.15) is 0 Å². The van der Waals surface area contributed by atoms with Crippen LogP contribution in [0.4, 0.5) is 0 Å². The second-order valence-corrected chi connectivity index (χ2v) is 7.75. The van der Waals surface area contributed by atoms with Crippen LogP contribution < -0.4 is 4.74 Å². The summed E-state index contributed by atoms with van der Waals surface area (Å²) >= 11 is 2.81. The Bertz CT molecular complexity index is 827. The number of nitrogens with zero attached hydrogens (tertiary/aromatic N) is 1. The Morgan fingerprint density at radius 3 is 2.83 bits per heavy atom. The Labute approximate surface area is 150 Å². The number of carbonyl (C=O) groups excluding carboxylic acids is 1. The molecule has 0 fully saturated rings. The van der Waals surface area contributed by atoms with Gasteiger partial charge in [0.15, 0.2) is 0 Å². The molecule has 124 valence electrons. The molecule has 1 aliphatic rings. The van der Waals surface area contributed by atoms with Gasteiger partial charge in [-0.05, 0) is 46.9 Å². The zero-order chi connectivity index (χ0) is 16.9. The number of rotatable bonds is 5. The van der Waals surface area contributed by atoms with Crippen LogP contribution in [-0.2, 0) is 4.79 Å². The standard InChI is InChI=1S/C19H19NO2S2/c1-3-11-22-17-10-9-13-7-5-6-8-14(13)15(17)12-16-18(21)24-19(20-16)23-4-2/h5-10,12H,3-4,11H2,1-2H3/b16-12-. The fourth-order valence-corrected chi connectivity index (χ4v) is 4.21. The van der Waals surface area contributed by atoms with Crippen LogP contribution in [-0.4, -0.2) is 21.9 Å². The van der Waals surface area contributed by atoms with Gasteiger partial charge in [-0.15, -0.1) is 0 Å². The number of thioether (sulfide) groups is 2. The summed E-state index contributed by atoms with van der Waals surface area (Å²) in [5.41, 5.74) is 1.42. The zero-order valence-corrected chi connectivity index (χ0v) is 15.4. The van der Waals surface area contributed by atoms with Gasteiger partial charge in [0.25, 0.3) is 0 Å². The maximum Gasteiger partial charge on any atom is 0.244 e. The molecule has 3 rings (SSSR count). The van der Waals surface area contributed by atoms with E-state index in [-0.39, 0.29) is 5.12 Å². The Morgan fingerprint density at radius 2 is 2.04 bits per heavy atom. The van der Waals surface area contributed by atoms with Crippen molar-refractivity contribution in [3.05, 3.63) is 47.7 Å². The lowest BCUT2D eigenvalue weighted by Crippen LogP contribution is -1.98. The van der Waals surface area contributed by atoms with E-state index in [0.29, 0.717) is 12.3 Å². The molecule has 0 aliphatic carbocycles. The number of hydrogen-bond acceptors (Lipinski definition) is 5. The van der Waals surface area contributed by atoms with E-state index in [4.69, 9.17) is 4.74 Å². The van der Waals surface area contributed by atoms with Gasteiger partial charge in [-0.25, -0.2) is 4.99 Å². The minimum atomic E-state index is 0.000302. The third-order valence-electron chi connectivity index (χ3n) is 3.54. The Morgan fingerprint density at radius 1 is 1.21 bits per heavy atom. The molecule has 5 heteroatoms. The molecule has 0 saturated heterocycles. The molecule has 1 heterocycles. The van der Waals surface area contributed by atoms with E-state index >= 15 is 0 Å². The third-order valence-corrected chi connectivity index (χ3v) is 5.43. The highest BCUT2D eigenvalue weighted by atomic mass is 32.2. The molecule has 2 aromatic rings. The van der Waals surface area contributed by atoms with Crippen molar-refractivity contribution >= 4 is 49.9 Å². The minimum absolute atomic E-state index is 0.000302. The van der Waals surface area contributed by atoms with E-state index in [0.717, 1.165) is 38.6 Å². The van der Waals surface area contributed by atoms with E-state index in [2.05, 4.69) is 37.0 Å². The van der Waals surface area contributed by atoms with Crippen LogP contribution >= 0.6 is 23.5 Å². The van der Waals surface area contributed by atoms with Crippen LogP contribution in [0, 0.1) is 0 Å². The van der Waals surface area contributed by atoms with Crippen LogP contribution in [0.25, 0.3) is 16.8 Å². The van der Waals surface area contributed by atoms with Crippen LogP contribution in [0.15, 0.2) is 47.1 Å². The summed E-state index contributed by atoms with van der Waals surface area (Å²) in [7, 11) is 0. The normalized spacial score (nSPS) is 16.0. The summed E-state index contributed by atoms with van der Waals surface area (Å²) in [5.74, 6) is 1.71. The predicted octanol–water partition coefficient (Wildman–Crippen LogP) is 5.35. The number of carbonyl (C=O) groups is 1. The van der Waals surface area contributed by atoms with Gasteiger partial charge in [0.05, 0.1) is 6.61 Å². The lowest BCUT2D eigenvalue weighted by molar-refractivity contribution is -0.107. The molecule has 0 unspecified atom stereocenters. The van der Waals surface area contributed by atoms with Gasteiger partial charge in [-0.1, -0.05) is 55.9 Å². The Kier molecular flexibility index (Phi) is 5.63. The summed E-state index contributed by atoms with van der Waals surface area (Å²) < 4.78 is 6.72. The molecular weight excluding hydrogens is 338 g/mol. The van der Waals surface area contributed by atoms with Crippen molar-refractivity contribution in [3.8, 4) is 5.75 Å². The topological polar surface area (TPSA) is 38.7 Å². The highest BCUT2D eigenvalue weighted by Gasteiger charge is 2.23. The van der Waals surface area contributed by atoms with Gasteiger partial charge in [-0.3, -0.25) is 4.79 Å². The molecule has 2 aromatic carbocycles. The smallest absolute Gasteiger partial charge is 0.244 e. The van der Waals surface area contributed by atoms with Crippen molar-refractivity contribution in [2.24, 2.45) is 4.99 Å². The van der Waals surface area contributed by atoms with Crippen molar-refractivity contribution < 1.29 is 9.53 Å². The largest absolute Gasteiger partial charge is 0.493 e. The van der Waals surface area contributed by atoms with Gasteiger partial charge in [0.2, 0.25) is 5.12 Å². The van der Waals surface area contributed by atoms with Crippen LogP contribution in [0.2, 0.25) is 0 Å². The first-order valence-corrected chi connectivity index (χ1v) is 9.83. The predicted molar refractivity (Wildman–Crippen MR) is 106 cm³/mol. The minimum Gasteiger partial charge on any atom is -0.493 e. The average Bonchev–Trinajstić information content (AvgIpc) is 2.94. The van der Waals surface area contributed by atoms with Crippen molar-refractivity contribution in [1.82, 2.24) is 0 Å². The molecule has 0 saturated carbocycles. The fraction of sp³-hybridized carbons (Fsp3) is 0.263. The Balaban J connectivity index is 2.09. The molecule has 0 spiro atoms. The lowest BCUT2D eigenvalue weighted by atomic mass is 10.0. The van der Waals surface area contributed by atoms with Crippen molar-refractivity contribution in [2.45, 2.75) is 20.3 Å². The van der Waals surface area contributed by atoms with Crippen LogP contribution in [0.3, 0.4) is 0 Å². The number of hydrogen-bond donors (Lipinski definition) is 0. The second-order valence-electron chi connectivity index (χ2n) is 5.28. The maximum atomic E-state index is 12.3.